The molecule has 1 fully saturated rings. The number of aryl methyl sites for hydroxylation is 1. The number of ether oxygens (including phenoxy) is 1. The molecule has 1 atom stereocenters. The van der Waals surface area contributed by atoms with Gasteiger partial charge in [0.2, 0.25) is 5.91 Å². The molecule has 0 spiro atoms. The topological polar surface area (TPSA) is 70.8 Å². The molecule has 2 aromatic rings. The van der Waals surface area contributed by atoms with Crippen LogP contribution in [-0.4, -0.2) is 54.6 Å². The number of hydrogen-bond acceptors (Lipinski definition) is 7. The van der Waals surface area contributed by atoms with E-state index in [1.165, 1.54) is 0 Å². The van der Waals surface area contributed by atoms with Crippen LogP contribution in [0.15, 0.2) is 39.9 Å². The Labute approximate surface area is 182 Å². The lowest BCUT2D eigenvalue weighted by atomic mass is 9.99. The highest BCUT2D eigenvalue weighted by atomic mass is 32.2. The van der Waals surface area contributed by atoms with Crippen molar-refractivity contribution in [3.63, 3.8) is 0 Å². The molecule has 3 rings (SSSR count). The van der Waals surface area contributed by atoms with Crippen LogP contribution in [-0.2, 0) is 11.3 Å². The summed E-state index contributed by atoms with van der Waals surface area (Å²) in [7, 11) is 5.57. The van der Waals surface area contributed by atoms with Crippen molar-refractivity contribution < 1.29 is 14.1 Å². The van der Waals surface area contributed by atoms with Crippen LogP contribution < -0.4 is 10.1 Å². The lowest BCUT2D eigenvalue weighted by Gasteiger charge is -2.30. The molecule has 0 bridgehead atoms. The van der Waals surface area contributed by atoms with E-state index in [-0.39, 0.29) is 11.8 Å². The van der Waals surface area contributed by atoms with Gasteiger partial charge >= 0.3 is 0 Å². The monoisotopic (exact) mass is 430 g/mol. The van der Waals surface area contributed by atoms with E-state index in [1.807, 2.05) is 62.5 Å². The second-order valence-corrected chi connectivity index (χ2v) is 8.73. The van der Waals surface area contributed by atoms with Crippen molar-refractivity contribution in [3.05, 3.63) is 47.5 Å². The lowest BCUT2D eigenvalue weighted by Crippen LogP contribution is -2.40. The van der Waals surface area contributed by atoms with Crippen LogP contribution in [0.3, 0.4) is 0 Å². The second-order valence-electron chi connectivity index (χ2n) is 7.63. The molecule has 0 radical (unpaired) electrons. The van der Waals surface area contributed by atoms with Crippen molar-refractivity contribution in [1.82, 2.24) is 19.7 Å². The summed E-state index contributed by atoms with van der Waals surface area (Å²) >= 11 is 1.63. The highest BCUT2D eigenvalue weighted by Gasteiger charge is 2.27. The summed E-state index contributed by atoms with van der Waals surface area (Å²) in [6.07, 6.45) is 5.75. The molecule has 1 aromatic heterocycles. The fraction of sp³-hybridized carbons (Fsp3) is 0.455. The van der Waals surface area contributed by atoms with Gasteiger partial charge in [-0.05, 0) is 49.4 Å². The minimum atomic E-state index is -0.0227. The van der Waals surface area contributed by atoms with Gasteiger partial charge in [0.25, 0.3) is 0 Å². The maximum Gasteiger partial charge on any atom is 0.224 e. The molecule has 30 heavy (non-hydrogen) atoms. The Morgan fingerprint density at radius 2 is 2.17 bits per heavy atom. The third-order valence-electron chi connectivity index (χ3n) is 4.96. The predicted octanol–water partition coefficient (Wildman–Crippen LogP) is 3.56. The van der Waals surface area contributed by atoms with Crippen LogP contribution in [0.5, 0.6) is 5.75 Å². The van der Waals surface area contributed by atoms with E-state index in [0.717, 1.165) is 47.0 Å². The summed E-state index contributed by atoms with van der Waals surface area (Å²) < 4.78 is 12.9. The molecule has 1 unspecified atom stereocenters. The van der Waals surface area contributed by atoms with Gasteiger partial charge in [-0.2, -0.15) is 0 Å². The summed E-state index contributed by atoms with van der Waals surface area (Å²) in [6, 6.07) is 7.76. The molecule has 1 aliphatic heterocycles. The van der Waals surface area contributed by atoms with Gasteiger partial charge in [-0.1, -0.05) is 17.3 Å². The molecule has 8 heteroatoms. The van der Waals surface area contributed by atoms with Crippen molar-refractivity contribution in [2.75, 3.05) is 34.3 Å². The fourth-order valence-electron chi connectivity index (χ4n) is 3.26. The minimum absolute atomic E-state index is 0.0227. The minimum Gasteiger partial charge on any atom is -0.497 e. The van der Waals surface area contributed by atoms with Crippen LogP contribution in [0.4, 0.5) is 0 Å². The quantitative estimate of drug-likeness (QED) is 0.642. The number of amides is 1. The molecule has 2 heterocycles. The van der Waals surface area contributed by atoms with Crippen molar-refractivity contribution >= 4 is 23.9 Å². The van der Waals surface area contributed by atoms with Gasteiger partial charge in [0.15, 0.2) is 5.76 Å². The van der Waals surface area contributed by atoms with Crippen LogP contribution >= 0.6 is 11.9 Å². The number of carbonyl (C=O) groups excluding carboxylic acids is 1. The Morgan fingerprint density at radius 1 is 1.40 bits per heavy atom. The number of nitrogens with zero attached hydrogens (tertiary/aromatic N) is 3. The van der Waals surface area contributed by atoms with E-state index < -0.39 is 0 Å². The molecule has 1 N–H and O–H groups in total. The van der Waals surface area contributed by atoms with E-state index in [0.29, 0.717) is 13.1 Å². The van der Waals surface area contributed by atoms with Gasteiger partial charge < -0.3 is 19.5 Å². The van der Waals surface area contributed by atoms with Crippen LogP contribution in [0.2, 0.25) is 0 Å². The number of aromatic nitrogens is 1. The Kier molecular flexibility index (Phi) is 7.81. The molecule has 1 amide bonds. The van der Waals surface area contributed by atoms with Crippen molar-refractivity contribution in [3.8, 4) is 5.75 Å². The normalized spacial score (nSPS) is 17.3. The molecular formula is C22H30N4O3S. The van der Waals surface area contributed by atoms with Crippen LogP contribution in [0.25, 0.3) is 6.08 Å². The van der Waals surface area contributed by atoms with Crippen LogP contribution in [0.1, 0.15) is 29.9 Å². The maximum absolute atomic E-state index is 12.7. The van der Waals surface area contributed by atoms with Gasteiger partial charge in [-0.3, -0.25) is 4.79 Å². The van der Waals surface area contributed by atoms with E-state index in [9.17, 15) is 4.79 Å². The summed E-state index contributed by atoms with van der Waals surface area (Å²) in [5, 5.41) is 7.19. The average Bonchev–Trinajstić information content (AvgIpc) is 3.10. The molecule has 0 saturated carbocycles. The average molecular weight is 431 g/mol. The molecule has 7 nitrogen and oxygen atoms in total. The second kappa shape index (κ2) is 10.5. The Morgan fingerprint density at radius 3 is 2.87 bits per heavy atom. The van der Waals surface area contributed by atoms with Gasteiger partial charge in [0.1, 0.15) is 5.75 Å². The van der Waals surface area contributed by atoms with Crippen molar-refractivity contribution in [2.24, 2.45) is 5.92 Å². The smallest absolute Gasteiger partial charge is 0.224 e. The number of hydrogen-bond donors (Lipinski definition) is 1. The van der Waals surface area contributed by atoms with Crippen LogP contribution in [0, 0.1) is 12.8 Å². The first-order chi connectivity index (χ1) is 14.5. The Hall–Kier alpha value is -2.45. The number of nitrogens with one attached hydrogen (secondary N) is 1. The lowest BCUT2D eigenvalue weighted by molar-refractivity contribution is -0.126. The molecular weight excluding hydrogens is 400 g/mol. The summed E-state index contributed by atoms with van der Waals surface area (Å²) in [5.74, 6) is 1.64. The van der Waals surface area contributed by atoms with Gasteiger partial charge in [0.05, 0.1) is 23.6 Å². The standard InChI is InChI=1S/C22H30N4O3S/c1-16-21(20(29-24-16)11-13-25(2)3)30-26-12-5-6-18(15-26)22(27)23-14-17-7-9-19(28-4)10-8-17/h7-11,13,18H,5-6,12,14-15H2,1-4H3,(H,23,27)/b13-11+. The summed E-state index contributed by atoms with van der Waals surface area (Å²) in [6.45, 7) is 4.12. The number of piperidine rings is 1. The molecule has 1 aliphatic rings. The van der Waals surface area contributed by atoms with Gasteiger partial charge in [-0.25, -0.2) is 4.31 Å². The first-order valence-electron chi connectivity index (χ1n) is 10.1. The molecule has 162 valence electrons. The number of rotatable bonds is 8. The maximum atomic E-state index is 12.7. The number of methoxy groups -OCH3 is 1. The molecule has 1 saturated heterocycles. The van der Waals surface area contributed by atoms with E-state index in [4.69, 9.17) is 9.26 Å². The molecule has 0 aliphatic carbocycles. The van der Waals surface area contributed by atoms with Gasteiger partial charge in [0, 0.05) is 46.0 Å². The number of benzene rings is 1. The Balaban J connectivity index is 1.56. The zero-order chi connectivity index (χ0) is 21.5. The highest BCUT2D eigenvalue weighted by Crippen LogP contribution is 2.33. The van der Waals surface area contributed by atoms with Gasteiger partial charge in [-0.15, -0.1) is 0 Å². The zero-order valence-corrected chi connectivity index (χ0v) is 18.9. The first kappa shape index (κ1) is 22.2. The van der Waals surface area contributed by atoms with E-state index in [2.05, 4.69) is 14.8 Å². The van der Waals surface area contributed by atoms with E-state index in [1.54, 1.807) is 19.1 Å². The summed E-state index contributed by atoms with van der Waals surface area (Å²) in [5.41, 5.74) is 1.92. The largest absolute Gasteiger partial charge is 0.497 e. The first-order valence-corrected chi connectivity index (χ1v) is 10.9. The summed E-state index contributed by atoms with van der Waals surface area (Å²) in [4.78, 5) is 15.7. The predicted molar refractivity (Wildman–Crippen MR) is 119 cm³/mol. The third-order valence-corrected chi connectivity index (χ3v) is 6.23. The molecule has 1 aromatic carbocycles. The highest BCUT2D eigenvalue weighted by molar-refractivity contribution is 7.97. The third kappa shape index (κ3) is 6.03. The zero-order valence-electron chi connectivity index (χ0n) is 18.1. The number of carbonyl (C=O) groups is 1. The SMILES string of the molecule is COc1ccc(CNC(=O)C2CCCN(Sc3c(C)noc3/C=C/N(C)C)C2)cc1. The van der Waals surface area contributed by atoms with E-state index >= 15 is 0 Å². The Bertz CT molecular complexity index is 864. The van der Waals surface area contributed by atoms with Crippen molar-refractivity contribution in [2.45, 2.75) is 31.2 Å². The fourth-order valence-corrected chi connectivity index (χ4v) is 4.36. The van der Waals surface area contributed by atoms with Crippen molar-refractivity contribution in [1.29, 1.82) is 0 Å².